The molecular weight excluding hydrogens is 302 g/mol. The Morgan fingerprint density at radius 2 is 2.05 bits per heavy atom. The lowest BCUT2D eigenvalue weighted by Crippen LogP contribution is -2.36. The van der Waals surface area contributed by atoms with Gasteiger partial charge < -0.3 is 4.52 Å². The zero-order valence-corrected chi connectivity index (χ0v) is 13.7. The maximum atomic E-state index is 13.1. The molecular formula is C15H19N3O3S. The summed E-state index contributed by atoms with van der Waals surface area (Å²) in [6.45, 7) is 5.15. The van der Waals surface area contributed by atoms with Gasteiger partial charge >= 0.3 is 0 Å². The molecule has 2 heterocycles. The minimum atomic E-state index is -3.67. The van der Waals surface area contributed by atoms with Crippen LogP contribution in [0.15, 0.2) is 33.8 Å². The molecule has 2 aromatic rings. The van der Waals surface area contributed by atoms with Crippen molar-refractivity contribution in [3.05, 3.63) is 41.5 Å². The highest BCUT2D eigenvalue weighted by atomic mass is 32.2. The van der Waals surface area contributed by atoms with E-state index in [1.54, 1.807) is 24.3 Å². The van der Waals surface area contributed by atoms with Crippen molar-refractivity contribution in [3.63, 3.8) is 0 Å². The molecule has 0 saturated heterocycles. The van der Waals surface area contributed by atoms with Crippen LogP contribution in [0.1, 0.15) is 43.0 Å². The summed E-state index contributed by atoms with van der Waals surface area (Å²) in [5.74, 6) is 0.330. The van der Waals surface area contributed by atoms with Gasteiger partial charge in [-0.1, -0.05) is 11.2 Å². The Hall–Kier alpha value is -1.73. The van der Waals surface area contributed by atoms with E-state index >= 15 is 0 Å². The van der Waals surface area contributed by atoms with Crippen molar-refractivity contribution in [2.75, 3.05) is 0 Å². The van der Waals surface area contributed by atoms with Gasteiger partial charge in [-0.25, -0.2) is 8.42 Å². The lowest BCUT2D eigenvalue weighted by molar-refractivity contribution is 0.327. The van der Waals surface area contributed by atoms with E-state index in [4.69, 9.17) is 4.52 Å². The number of sulfonamides is 1. The van der Waals surface area contributed by atoms with E-state index in [9.17, 15) is 8.42 Å². The van der Waals surface area contributed by atoms with Gasteiger partial charge in [0.15, 0.2) is 5.76 Å². The molecule has 0 spiro atoms. The summed E-state index contributed by atoms with van der Waals surface area (Å²) in [4.78, 5) is 4.49. The molecule has 1 atom stereocenters. The van der Waals surface area contributed by atoms with Crippen molar-refractivity contribution in [2.24, 2.45) is 0 Å². The molecule has 0 N–H and O–H groups in total. The molecule has 0 amide bonds. The number of hydrogen-bond donors (Lipinski definition) is 0. The van der Waals surface area contributed by atoms with Crippen LogP contribution in [0.25, 0.3) is 0 Å². The van der Waals surface area contributed by atoms with Crippen LogP contribution in [0.4, 0.5) is 0 Å². The third-order valence-electron chi connectivity index (χ3n) is 3.91. The van der Waals surface area contributed by atoms with E-state index in [0.29, 0.717) is 11.5 Å². The van der Waals surface area contributed by atoms with E-state index in [-0.39, 0.29) is 17.0 Å². The Labute approximate surface area is 130 Å². The average Bonchev–Trinajstić information content (AvgIpc) is 3.24. The second-order valence-corrected chi connectivity index (χ2v) is 7.43. The second-order valence-electron chi connectivity index (χ2n) is 5.65. The minimum absolute atomic E-state index is 0.0238. The molecule has 3 rings (SSSR count). The van der Waals surface area contributed by atoms with Crippen LogP contribution < -0.4 is 0 Å². The Kier molecular flexibility index (Phi) is 3.78. The molecule has 1 unspecified atom stereocenters. The lowest BCUT2D eigenvalue weighted by atomic mass is 10.2. The quantitative estimate of drug-likeness (QED) is 0.846. The van der Waals surface area contributed by atoms with Crippen molar-refractivity contribution in [1.82, 2.24) is 14.4 Å². The summed E-state index contributed by atoms with van der Waals surface area (Å²) >= 11 is 0. The summed E-state index contributed by atoms with van der Waals surface area (Å²) < 4.78 is 32.9. The molecule has 0 aliphatic heterocycles. The van der Waals surface area contributed by atoms with Gasteiger partial charge in [-0.3, -0.25) is 4.98 Å². The Bertz CT molecular complexity index is 747. The van der Waals surface area contributed by atoms with Crippen molar-refractivity contribution >= 4 is 10.0 Å². The van der Waals surface area contributed by atoms with Gasteiger partial charge in [0, 0.05) is 12.2 Å². The number of aryl methyl sites for hydroxylation is 2. The van der Waals surface area contributed by atoms with Crippen molar-refractivity contribution < 1.29 is 12.9 Å². The number of hydrogen-bond acceptors (Lipinski definition) is 5. The first kappa shape index (κ1) is 15.2. The van der Waals surface area contributed by atoms with E-state index < -0.39 is 10.0 Å². The molecule has 118 valence electrons. The molecule has 6 nitrogen and oxygen atoms in total. The summed E-state index contributed by atoms with van der Waals surface area (Å²) in [7, 11) is -3.67. The monoisotopic (exact) mass is 321 g/mol. The maximum absolute atomic E-state index is 13.1. The van der Waals surface area contributed by atoms with E-state index in [1.807, 2.05) is 25.1 Å². The summed E-state index contributed by atoms with van der Waals surface area (Å²) in [6, 6.07) is 5.23. The average molecular weight is 321 g/mol. The predicted molar refractivity (Wildman–Crippen MR) is 80.7 cm³/mol. The van der Waals surface area contributed by atoms with Gasteiger partial charge in [-0.2, -0.15) is 4.31 Å². The number of aromatic nitrogens is 2. The normalized spacial score (nSPS) is 16.9. The fraction of sp³-hybridized carbons (Fsp3) is 0.467. The third-order valence-corrected chi connectivity index (χ3v) is 6.18. The molecule has 1 saturated carbocycles. The fourth-order valence-electron chi connectivity index (χ4n) is 2.75. The SMILES string of the molecule is Cc1noc(C)c1S(=O)(=O)N(C1CC1)C(C)c1ccccn1. The number of pyridine rings is 1. The summed E-state index contributed by atoms with van der Waals surface area (Å²) in [5, 5.41) is 3.78. The molecule has 1 aliphatic rings. The molecule has 1 aliphatic carbocycles. The van der Waals surface area contributed by atoms with Crippen molar-refractivity contribution in [2.45, 2.75) is 50.6 Å². The van der Waals surface area contributed by atoms with Crippen LogP contribution in [0.5, 0.6) is 0 Å². The van der Waals surface area contributed by atoms with Crippen molar-refractivity contribution in [1.29, 1.82) is 0 Å². The van der Waals surface area contributed by atoms with Crippen LogP contribution >= 0.6 is 0 Å². The molecule has 0 aromatic carbocycles. The molecule has 0 bridgehead atoms. The van der Waals surface area contributed by atoms with E-state index in [1.165, 1.54) is 0 Å². The smallest absolute Gasteiger partial charge is 0.249 e. The maximum Gasteiger partial charge on any atom is 0.249 e. The fourth-order valence-corrected chi connectivity index (χ4v) is 4.90. The van der Waals surface area contributed by atoms with Crippen LogP contribution in [0, 0.1) is 13.8 Å². The van der Waals surface area contributed by atoms with Crippen LogP contribution in [-0.2, 0) is 10.0 Å². The Balaban J connectivity index is 2.05. The summed E-state index contributed by atoms with van der Waals surface area (Å²) in [6.07, 6.45) is 3.43. The van der Waals surface area contributed by atoms with Gasteiger partial charge in [-0.05, 0) is 45.7 Å². The van der Waals surface area contributed by atoms with Gasteiger partial charge in [0.05, 0.1) is 11.7 Å². The highest BCUT2D eigenvalue weighted by molar-refractivity contribution is 7.89. The molecule has 0 radical (unpaired) electrons. The largest absolute Gasteiger partial charge is 0.360 e. The third kappa shape index (κ3) is 2.55. The highest BCUT2D eigenvalue weighted by Crippen LogP contribution is 2.39. The predicted octanol–water partition coefficient (Wildman–Crippen LogP) is 2.60. The van der Waals surface area contributed by atoms with E-state index in [2.05, 4.69) is 10.1 Å². The van der Waals surface area contributed by atoms with Gasteiger partial charge in [0.25, 0.3) is 0 Å². The molecule has 22 heavy (non-hydrogen) atoms. The minimum Gasteiger partial charge on any atom is -0.360 e. The standard InChI is InChI=1S/C15H19N3O3S/c1-10-15(12(3)21-17-10)22(19,20)18(13-7-8-13)11(2)14-6-4-5-9-16-14/h4-6,9,11,13H,7-8H2,1-3H3. The number of rotatable bonds is 5. The van der Waals surface area contributed by atoms with Gasteiger partial charge in [0.1, 0.15) is 10.6 Å². The first-order chi connectivity index (χ1) is 10.4. The highest BCUT2D eigenvalue weighted by Gasteiger charge is 2.44. The van der Waals surface area contributed by atoms with Gasteiger partial charge in [0.2, 0.25) is 10.0 Å². The lowest BCUT2D eigenvalue weighted by Gasteiger charge is -2.27. The van der Waals surface area contributed by atoms with Crippen LogP contribution in [0.3, 0.4) is 0 Å². The van der Waals surface area contributed by atoms with Crippen LogP contribution in [-0.4, -0.2) is 28.9 Å². The second kappa shape index (κ2) is 5.48. The Morgan fingerprint density at radius 1 is 1.32 bits per heavy atom. The zero-order valence-electron chi connectivity index (χ0n) is 12.9. The molecule has 1 fully saturated rings. The first-order valence-electron chi connectivity index (χ1n) is 7.30. The first-order valence-corrected chi connectivity index (χ1v) is 8.74. The Morgan fingerprint density at radius 3 is 2.55 bits per heavy atom. The zero-order chi connectivity index (χ0) is 15.9. The summed E-state index contributed by atoms with van der Waals surface area (Å²) in [5.41, 5.74) is 1.14. The van der Waals surface area contributed by atoms with E-state index in [0.717, 1.165) is 18.5 Å². The molecule has 2 aromatic heterocycles. The van der Waals surface area contributed by atoms with Gasteiger partial charge in [-0.15, -0.1) is 0 Å². The molecule has 7 heteroatoms. The van der Waals surface area contributed by atoms with Crippen molar-refractivity contribution in [3.8, 4) is 0 Å². The topological polar surface area (TPSA) is 76.3 Å². The number of nitrogens with zero attached hydrogens (tertiary/aromatic N) is 3. The van der Waals surface area contributed by atoms with Crippen LogP contribution in [0.2, 0.25) is 0 Å².